The first-order chi connectivity index (χ1) is 20.7. The zero-order chi connectivity index (χ0) is 31.4. The predicted molar refractivity (Wildman–Crippen MR) is 171 cm³/mol. The number of esters is 1. The first-order valence-corrected chi connectivity index (χ1v) is 17.5. The number of benzene rings is 1. The Morgan fingerprint density at radius 3 is 2.16 bits per heavy atom. The van der Waals surface area contributed by atoms with Crippen LogP contribution in [0.5, 0.6) is 0 Å². The van der Waals surface area contributed by atoms with Gasteiger partial charge < -0.3 is 9.64 Å². The van der Waals surface area contributed by atoms with Crippen LogP contribution in [0.4, 0.5) is 0 Å². The molecule has 4 fully saturated rings. The average molecular weight is 600 g/mol. The molecule has 238 valence electrons. The average Bonchev–Trinajstić information content (AvgIpc) is 3.53. The number of hydrogen-bond donors (Lipinski definition) is 0. The monoisotopic (exact) mass is 599 g/mol. The number of ether oxygens (including phenoxy) is 1. The van der Waals surface area contributed by atoms with E-state index in [-0.39, 0.29) is 45.9 Å². The minimum atomic E-state index is -0.658. The Balaban J connectivity index is 1.23. The predicted octanol–water partition coefficient (Wildman–Crippen LogP) is 8.05. The molecule has 0 radical (unpaired) electrons. The Hall–Kier alpha value is -2.43. The highest BCUT2D eigenvalue weighted by Gasteiger charge is 2.67. The fourth-order valence-electron chi connectivity index (χ4n) is 12.7. The van der Waals surface area contributed by atoms with Gasteiger partial charge in [-0.2, -0.15) is 0 Å². The molecule has 1 heterocycles. The summed E-state index contributed by atoms with van der Waals surface area (Å²) in [5.74, 6) is 2.34. The van der Waals surface area contributed by atoms with Gasteiger partial charge >= 0.3 is 5.97 Å². The zero-order valence-electron chi connectivity index (χ0n) is 28.1. The normalized spacial score (nSPS) is 40.6. The SMILES string of the molecule is CC(=O)O[C@H]1CC[C@@]2(C)C(CC[C@@]3(C)C4CC[C@@]5(C(=O)N6Cc7ccccc7C6)CC(=O)C(C(C)C)=C5C4CCC32)C1(C)C. The van der Waals surface area contributed by atoms with Gasteiger partial charge in [-0.05, 0) is 114 Å². The molecule has 0 spiro atoms. The van der Waals surface area contributed by atoms with E-state index in [2.05, 4.69) is 70.7 Å². The largest absolute Gasteiger partial charge is 0.462 e. The number of ketones is 1. The summed E-state index contributed by atoms with van der Waals surface area (Å²) in [7, 11) is 0. The van der Waals surface area contributed by atoms with Crippen molar-refractivity contribution in [3.05, 3.63) is 46.5 Å². The number of hydrogen-bond acceptors (Lipinski definition) is 4. The van der Waals surface area contributed by atoms with E-state index in [1.165, 1.54) is 23.1 Å². The van der Waals surface area contributed by atoms with E-state index in [0.717, 1.165) is 50.5 Å². The van der Waals surface area contributed by atoms with Crippen molar-refractivity contribution in [3.8, 4) is 0 Å². The molecule has 4 saturated carbocycles. The van der Waals surface area contributed by atoms with Gasteiger partial charge in [-0.25, -0.2) is 0 Å². The van der Waals surface area contributed by atoms with Gasteiger partial charge in [-0.15, -0.1) is 0 Å². The molecule has 0 aromatic heterocycles. The highest BCUT2D eigenvalue weighted by Crippen LogP contribution is 2.73. The summed E-state index contributed by atoms with van der Waals surface area (Å²) in [6.45, 7) is 17.0. The van der Waals surface area contributed by atoms with Gasteiger partial charge in [0.1, 0.15) is 6.10 Å². The molecule has 4 unspecified atom stereocenters. The molecular formula is C39H53NO4. The summed E-state index contributed by atoms with van der Waals surface area (Å²) in [6, 6.07) is 8.42. The summed E-state index contributed by atoms with van der Waals surface area (Å²) in [4.78, 5) is 42.7. The first kappa shape index (κ1) is 30.2. The molecule has 1 aromatic carbocycles. The Bertz CT molecular complexity index is 1410. The molecule has 8 atom stereocenters. The van der Waals surface area contributed by atoms with Crippen molar-refractivity contribution in [1.29, 1.82) is 0 Å². The second-order valence-corrected chi connectivity index (χ2v) is 17.0. The van der Waals surface area contributed by atoms with E-state index in [1.807, 2.05) is 0 Å². The van der Waals surface area contributed by atoms with Crippen molar-refractivity contribution in [2.45, 2.75) is 125 Å². The van der Waals surface area contributed by atoms with Crippen LogP contribution in [0.25, 0.3) is 0 Å². The van der Waals surface area contributed by atoms with E-state index in [4.69, 9.17) is 4.74 Å². The molecule has 0 saturated heterocycles. The van der Waals surface area contributed by atoms with E-state index >= 15 is 0 Å². The molecule has 5 heteroatoms. The van der Waals surface area contributed by atoms with Crippen molar-refractivity contribution in [2.24, 2.45) is 51.2 Å². The lowest BCUT2D eigenvalue weighted by molar-refractivity contribution is -0.212. The molecule has 1 aliphatic heterocycles. The van der Waals surface area contributed by atoms with Gasteiger partial charge in [-0.1, -0.05) is 65.8 Å². The standard InChI is InChI=1S/C39H53NO4/c1-23(2)33-29(42)20-39(35(43)40-21-25-10-8-9-11-26(25)22-40)19-14-28-27(34(33)39)12-13-31-37(28,6)17-15-30-36(4,5)32(44-24(3)41)16-18-38(30,31)7/h8-11,23,27-28,30-32H,12-22H2,1-7H3/t27?,28?,30?,31?,32-,37-,38-,39+/m0/s1. The Kier molecular flexibility index (Phi) is 6.89. The van der Waals surface area contributed by atoms with E-state index in [0.29, 0.717) is 43.2 Å². The van der Waals surface area contributed by atoms with Crippen molar-refractivity contribution >= 4 is 17.7 Å². The highest BCUT2D eigenvalue weighted by atomic mass is 16.5. The molecular weight excluding hydrogens is 546 g/mol. The highest BCUT2D eigenvalue weighted by molar-refractivity contribution is 6.07. The number of carbonyl (C=O) groups excluding carboxylic acids is 3. The van der Waals surface area contributed by atoms with Gasteiger partial charge in [0.05, 0.1) is 5.41 Å². The van der Waals surface area contributed by atoms with Crippen molar-refractivity contribution in [3.63, 3.8) is 0 Å². The zero-order valence-corrected chi connectivity index (χ0v) is 28.1. The quantitative estimate of drug-likeness (QED) is 0.330. The van der Waals surface area contributed by atoms with Crippen LogP contribution in [0.2, 0.25) is 0 Å². The molecule has 44 heavy (non-hydrogen) atoms. The van der Waals surface area contributed by atoms with Crippen LogP contribution in [0.1, 0.15) is 117 Å². The second-order valence-electron chi connectivity index (χ2n) is 17.0. The van der Waals surface area contributed by atoms with Crippen LogP contribution < -0.4 is 0 Å². The molecule has 7 rings (SSSR count). The summed E-state index contributed by atoms with van der Waals surface area (Å²) < 4.78 is 5.92. The number of amides is 1. The third kappa shape index (κ3) is 4.05. The number of Topliss-reactive ketones (excluding diaryl/α,β-unsaturated/α-hetero) is 1. The van der Waals surface area contributed by atoms with Crippen LogP contribution in [-0.2, 0) is 32.2 Å². The Labute approximate surface area is 264 Å². The fraction of sp³-hybridized carbons (Fsp3) is 0.718. The Morgan fingerprint density at radius 1 is 0.864 bits per heavy atom. The lowest BCUT2D eigenvalue weighted by Crippen LogP contribution is -2.63. The third-order valence-electron chi connectivity index (χ3n) is 14.4. The first-order valence-electron chi connectivity index (χ1n) is 17.5. The molecule has 1 amide bonds. The molecule has 5 nitrogen and oxygen atoms in total. The number of carbonyl (C=O) groups is 3. The van der Waals surface area contributed by atoms with Crippen molar-refractivity contribution < 1.29 is 19.1 Å². The van der Waals surface area contributed by atoms with Gasteiger partial charge in [0.15, 0.2) is 5.78 Å². The van der Waals surface area contributed by atoms with Crippen LogP contribution in [0.3, 0.4) is 0 Å². The Morgan fingerprint density at radius 2 is 1.52 bits per heavy atom. The maximum atomic E-state index is 14.7. The summed E-state index contributed by atoms with van der Waals surface area (Å²) in [5, 5.41) is 0. The van der Waals surface area contributed by atoms with Gasteiger partial charge in [0.2, 0.25) is 5.91 Å². The van der Waals surface area contributed by atoms with Crippen molar-refractivity contribution in [1.82, 2.24) is 4.90 Å². The molecule has 0 N–H and O–H groups in total. The number of rotatable bonds is 3. The van der Waals surface area contributed by atoms with Gasteiger partial charge in [-0.3, -0.25) is 14.4 Å². The molecule has 1 aromatic rings. The number of allylic oxidation sites excluding steroid dienone is 1. The maximum absolute atomic E-state index is 14.7. The number of fused-ring (bicyclic) bond motifs is 8. The lowest BCUT2D eigenvalue weighted by atomic mass is 9.36. The summed E-state index contributed by atoms with van der Waals surface area (Å²) in [6.07, 6.45) is 8.80. The van der Waals surface area contributed by atoms with Gasteiger partial charge in [0.25, 0.3) is 0 Å². The van der Waals surface area contributed by atoms with Crippen LogP contribution in [0, 0.1) is 51.2 Å². The summed E-state index contributed by atoms with van der Waals surface area (Å²) in [5.41, 5.74) is 4.42. The van der Waals surface area contributed by atoms with E-state index < -0.39 is 5.41 Å². The fourth-order valence-corrected chi connectivity index (χ4v) is 12.7. The topological polar surface area (TPSA) is 63.7 Å². The van der Waals surface area contributed by atoms with Crippen LogP contribution in [-0.4, -0.2) is 28.7 Å². The smallest absolute Gasteiger partial charge is 0.302 e. The molecule has 0 bridgehead atoms. The van der Waals surface area contributed by atoms with Gasteiger partial charge in [0, 0.05) is 31.8 Å². The van der Waals surface area contributed by atoms with E-state index in [1.54, 1.807) is 6.92 Å². The van der Waals surface area contributed by atoms with Crippen LogP contribution in [0.15, 0.2) is 35.4 Å². The van der Waals surface area contributed by atoms with Crippen LogP contribution >= 0.6 is 0 Å². The lowest BCUT2D eigenvalue weighted by Gasteiger charge is -2.68. The molecule has 6 aliphatic rings. The minimum Gasteiger partial charge on any atom is -0.462 e. The second kappa shape index (κ2) is 10.0. The third-order valence-corrected chi connectivity index (χ3v) is 14.4. The van der Waals surface area contributed by atoms with Crippen molar-refractivity contribution in [2.75, 3.05) is 0 Å². The summed E-state index contributed by atoms with van der Waals surface area (Å²) >= 11 is 0. The molecule has 5 aliphatic carbocycles. The number of nitrogens with zero attached hydrogens (tertiary/aromatic N) is 1. The maximum Gasteiger partial charge on any atom is 0.302 e. The van der Waals surface area contributed by atoms with E-state index in [9.17, 15) is 14.4 Å². The minimum absolute atomic E-state index is 0.0138.